The highest BCUT2D eigenvalue weighted by Crippen LogP contribution is 2.27. The third-order valence-corrected chi connectivity index (χ3v) is 8.79. The number of sulfonamides is 1. The van der Waals surface area contributed by atoms with E-state index in [1.165, 1.54) is 17.0 Å². The van der Waals surface area contributed by atoms with Gasteiger partial charge in [0.2, 0.25) is 11.8 Å². The Kier molecular flexibility index (Phi) is 11.1. The molecule has 3 aromatic carbocycles. The fourth-order valence-electron chi connectivity index (χ4n) is 4.51. The number of aryl methyl sites for hydroxylation is 1. The Morgan fingerprint density at radius 2 is 1.46 bits per heavy atom. The molecule has 8 heteroatoms. The van der Waals surface area contributed by atoms with Crippen molar-refractivity contribution in [1.82, 2.24) is 10.2 Å². The summed E-state index contributed by atoms with van der Waals surface area (Å²) in [6, 6.07) is 22.4. The van der Waals surface area contributed by atoms with E-state index >= 15 is 0 Å². The Morgan fingerprint density at radius 3 is 2.00 bits per heavy atom. The quantitative estimate of drug-likeness (QED) is 0.274. The van der Waals surface area contributed by atoms with Crippen molar-refractivity contribution < 1.29 is 18.0 Å². The van der Waals surface area contributed by atoms with Gasteiger partial charge in [0.15, 0.2) is 0 Å². The first-order chi connectivity index (χ1) is 19.4. The van der Waals surface area contributed by atoms with Crippen molar-refractivity contribution in [2.45, 2.75) is 71.4 Å². The van der Waals surface area contributed by atoms with Gasteiger partial charge >= 0.3 is 0 Å². The van der Waals surface area contributed by atoms with Crippen LogP contribution in [0, 0.1) is 12.8 Å². The van der Waals surface area contributed by atoms with Crippen LogP contribution in [-0.2, 0) is 26.2 Å². The second-order valence-electron chi connectivity index (χ2n) is 11.1. The van der Waals surface area contributed by atoms with E-state index in [2.05, 4.69) is 19.2 Å². The Bertz CT molecular complexity index is 1390. The minimum Gasteiger partial charge on any atom is -0.354 e. The van der Waals surface area contributed by atoms with Crippen molar-refractivity contribution >= 4 is 27.5 Å². The topological polar surface area (TPSA) is 86.8 Å². The van der Waals surface area contributed by atoms with E-state index in [9.17, 15) is 18.0 Å². The van der Waals surface area contributed by atoms with E-state index in [-0.39, 0.29) is 29.2 Å². The van der Waals surface area contributed by atoms with Crippen LogP contribution in [-0.4, -0.2) is 44.3 Å². The molecule has 0 aliphatic heterocycles. The van der Waals surface area contributed by atoms with E-state index in [0.29, 0.717) is 18.7 Å². The second kappa shape index (κ2) is 14.3. The van der Waals surface area contributed by atoms with E-state index in [4.69, 9.17) is 0 Å². The number of hydrogen-bond donors (Lipinski definition) is 1. The van der Waals surface area contributed by atoms with Gasteiger partial charge in [-0.15, -0.1) is 0 Å². The van der Waals surface area contributed by atoms with Crippen molar-refractivity contribution in [2.24, 2.45) is 5.92 Å². The van der Waals surface area contributed by atoms with Gasteiger partial charge < -0.3 is 10.2 Å². The van der Waals surface area contributed by atoms with Crippen LogP contribution in [0.5, 0.6) is 0 Å². The maximum Gasteiger partial charge on any atom is 0.264 e. The summed E-state index contributed by atoms with van der Waals surface area (Å²) in [6.45, 7) is 12.2. The SMILES string of the molecule is CC[C@@H](C(=O)NCC(C)C)N(Cc1ccc(C)cc1)C(=O)CN(c1ccc(C(C)C)cc1)S(=O)(=O)c1ccccc1. The Labute approximate surface area is 245 Å². The van der Waals surface area contributed by atoms with Gasteiger partial charge in [0, 0.05) is 13.1 Å². The number of carbonyl (C=O) groups excluding carboxylic acids is 2. The number of hydrogen-bond acceptors (Lipinski definition) is 4. The van der Waals surface area contributed by atoms with Crippen molar-refractivity contribution in [3.63, 3.8) is 0 Å². The van der Waals surface area contributed by atoms with Gasteiger partial charge in [0.1, 0.15) is 12.6 Å². The van der Waals surface area contributed by atoms with Gasteiger partial charge in [-0.05, 0) is 60.6 Å². The van der Waals surface area contributed by atoms with Crippen LogP contribution in [0.15, 0.2) is 83.8 Å². The highest BCUT2D eigenvalue weighted by atomic mass is 32.2. The molecule has 0 heterocycles. The summed E-state index contributed by atoms with van der Waals surface area (Å²) < 4.78 is 29.0. The zero-order chi connectivity index (χ0) is 30.2. The largest absolute Gasteiger partial charge is 0.354 e. The first-order valence-electron chi connectivity index (χ1n) is 14.2. The average molecular weight is 578 g/mol. The van der Waals surface area contributed by atoms with Crippen LogP contribution in [0.3, 0.4) is 0 Å². The zero-order valence-corrected chi connectivity index (χ0v) is 25.8. The molecule has 0 aliphatic rings. The average Bonchev–Trinajstić information content (AvgIpc) is 2.96. The molecule has 3 aromatic rings. The lowest BCUT2D eigenvalue weighted by Gasteiger charge is -2.33. The van der Waals surface area contributed by atoms with E-state index in [1.54, 1.807) is 30.3 Å². The van der Waals surface area contributed by atoms with Crippen molar-refractivity contribution in [2.75, 3.05) is 17.4 Å². The number of nitrogens with one attached hydrogen (secondary N) is 1. The lowest BCUT2D eigenvalue weighted by molar-refractivity contribution is -0.140. The smallest absolute Gasteiger partial charge is 0.264 e. The van der Waals surface area contributed by atoms with Crippen molar-refractivity contribution in [3.8, 4) is 0 Å². The van der Waals surface area contributed by atoms with Crippen molar-refractivity contribution in [1.29, 1.82) is 0 Å². The van der Waals surface area contributed by atoms with Gasteiger partial charge in [-0.25, -0.2) is 8.42 Å². The molecule has 0 aromatic heterocycles. The highest BCUT2D eigenvalue weighted by molar-refractivity contribution is 7.92. The summed E-state index contributed by atoms with van der Waals surface area (Å²) in [6.07, 6.45) is 0.385. The van der Waals surface area contributed by atoms with E-state index in [1.807, 2.05) is 64.1 Å². The molecule has 1 atom stereocenters. The van der Waals surface area contributed by atoms with Gasteiger partial charge in [-0.3, -0.25) is 13.9 Å². The number of amides is 2. The Morgan fingerprint density at radius 1 is 0.854 bits per heavy atom. The van der Waals surface area contributed by atoms with Crippen LogP contribution in [0.25, 0.3) is 0 Å². The fraction of sp³-hybridized carbons (Fsp3) is 0.394. The second-order valence-corrected chi connectivity index (χ2v) is 13.0. The number of anilines is 1. The predicted octanol–water partition coefficient (Wildman–Crippen LogP) is 5.89. The third-order valence-electron chi connectivity index (χ3n) is 7.00. The molecule has 0 spiro atoms. The maximum atomic E-state index is 14.1. The molecule has 41 heavy (non-hydrogen) atoms. The summed E-state index contributed by atoms with van der Waals surface area (Å²) in [7, 11) is -4.08. The fourth-order valence-corrected chi connectivity index (χ4v) is 5.94. The monoisotopic (exact) mass is 577 g/mol. The normalized spacial score (nSPS) is 12.3. The van der Waals surface area contributed by atoms with Gasteiger partial charge in [-0.1, -0.05) is 94.8 Å². The lowest BCUT2D eigenvalue weighted by Crippen LogP contribution is -2.52. The summed E-state index contributed by atoms with van der Waals surface area (Å²) >= 11 is 0. The van der Waals surface area contributed by atoms with Crippen LogP contribution in [0.2, 0.25) is 0 Å². The molecule has 2 amide bonds. The number of rotatable bonds is 13. The van der Waals surface area contributed by atoms with Gasteiger partial charge in [0.25, 0.3) is 10.0 Å². The Hall–Kier alpha value is -3.65. The van der Waals surface area contributed by atoms with E-state index < -0.39 is 28.5 Å². The predicted molar refractivity (Wildman–Crippen MR) is 165 cm³/mol. The van der Waals surface area contributed by atoms with Gasteiger partial charge in [-0.2, -0.15) is 0 Å². The molecule has 1 N–H and O–H groups in total. The highest BCUT2D eigenvalue weighted by Gasteiger charge is 2.33. The molecule has 0 unspecified atom stereocenters. The number of carbonyl (C=O) groups is 2. The third kappa shape index (κ3) is 8.43. The zero-order valence-electron chi connectivity index (χ0n) is 25.0. The molecule has 220 valence electrons. The molecule has 0 saturated carbocycles. The molecule has 3 rings (SSSR count). The summed E-state index contributed by atoms with van der Waals surface area (Å²) in [5.74, 6) is -0.187. The van der Waals surface area contributed by atoms with Crippen LogP contribution < -0.4 is 9.62 Å². The Balaban J connectivity index is 2.04. The molecule has 0 saturated heterocycles. The molecule has 0 bridgehead atoms. The van der Waals surface area contributed by atoms with Crippen LogP contribution in [0.4, 0.5) is 5.69 Å². The van der Waals surface area contributed by atoms with Crippen molar-refractivity contribution in [3.05, 3.63) is 95.6 Å². The van der Waals surface area contributed by atoms with Crippen LogP contribution >= 0.6 is 0 Å². The molecule has 0 aliphatic carbocycles. The number of benzene rings is 3. The minimum atomic E-state index is -4.08. The standard InChI is InChI=1S/C33H43N3O4S/c1-7-31(33(38)34-21-24(2)3)35(22-27-15-13-26(6)14-16-27)32(37)23-36(29-19-17-28(18-20-29)25(4)5)41(39,40)30-11-9-8-10-12-30/h8-20,24-25,31H,7,21-23H2,1-6H3,(H,34,38)/t31-/m0/s1. The molecular formula is C33H43N3O4S. The molecule has 7 nitrogen and oxygen atoms in total. The molecule has 0 radical (unpaired) electrons. The number of nitrogens with zero attached hydrogens (tertiary/aromatic N) is 2. The first-order valence-corrected chi connectivity index (χ1v) is 15.7. The molecular weight excluding hydrogens is 534 g/mol. The van der Waals surface area contributed by atoms with Crippen LogP contribution in [0.1, 0.15) is 63.6 Å². The van der Waals surface area contributed by atoms with Gasteiger partial charge in [0.05, 0.1) is 10.6 Å². The summed E-state index contributed by atoms with van der Waals surface area (Å²) in [5.41, 5.74) is 3.39. The lowest BCUT2D eigenvalue weighted by atomic mass is 10.0. The first kappa shape index (κ1) is 31.9. The summed E-state index contributed by atoms with van der Waals surface area (Å²) in [5, 5.41) is 2.96. The summed E-state index contributed by atoms with van der Waals surface area (Å²) in [4.78, 5) is 29.0. The minimum absolute atomic E-state index is 0.0903. The van der Waals surface area contributed by atoms with E-state index in [0.717, 1.165) is 21.0 Å². The maximum absolute atomic E-state index is 14.1. The molecule has 0 fully saturated rings.